The molecule has 164 valence electrons. The van der Waals surface area contributed by atoms with Crippen LogP contribution < -0.4 is 10.2 Å². The molecule has 0 radical (unpaired) electrons. The molecule has 32 heavy (non-hydrogen) atoms. The van der Waals surface area contributed by atoms with Gasteiger partial charge in [-0.2, -0.15) is 0 Å². The van der Waals surface area contributed by atoms with Crippen molar-refractivity contribution in [3.63, 3.8) is 0 Å². The molecule has 0 spiro atoms. The lowest BCUT2D eigenvalue weighted by Crippen LogP contribution is -2.17. The molecule has 3 aromatic rings. The molecule has 0 saturated carbocycles. The van der Waals surface area contributed by atoms with Crippen LogP contribution in [0.4, 0.5) is 0 Å². The molecule has 4 rings (SSSR count). The van der Waals surface area contributed by atoms with Crippen LogP contribution in [-0.4, -0.2) is 17.7 Å². The second-order valence-electron chi connectivity index (χ2n) is 7.91. The smallest absolute Gasteiger partial charge is 0.341 e. The highest BCUT2D eigenvalue weighted by Crippen LogP contribution is 2.29. The highest BCUT2D eigenvalue weighted by atomic mass is 16.7. The first-order chi connectivity index (χ1) is 15.7. The maximum Gasteiger partial charge on any atom is 0.341 e. The van der Waals surface area contributed by atoms with Gasteiger partial charge in [0.05, 0.1) is 0 Å². The zero-order chi connectivity index (χ0) is 22.2. The lowest BCUT2D eigenvalue weighted by Gasteiger charge is -2.23. The summed E-state index contributed by atoms with van der Waals surface area (Å²) >= 11 is 0. The summed E-state index contributed by atoms with van der Waals surface area (Å²) in [5.41, 5.74) is 7.70. The van der Waals surface area contributed by atoms with E-state index in [9.17, 15) is 4.79 Å². The first kappa shape index (κ1) is 21.7. The number of ether oxygens (including phenoxy) is 1. The Bertz CT molecular complexity index is 1010. The van der Waals surface area contributed by atoms with Gasteiger partial charge in [0.25, 0.3) is 0 Å². The number of carbonyl (C=O) groups is 1. The normalized spacial score (nSPS) is 15.5. The van der Waals surface area contributed by atoms with E-state index < -0.39 is 5.97 Å². The molecule has 0 amide bonds. The molecule has 0 aromatic heterocycles. The van der Waals surface area contributed by atoms with E-state index in [2.05, 4.69) is 35.8 Å². The first-order valence-electron chi connectivity index (χ1n) is 10.8. The van der Waals surface area contributed by atoms with Crippen LogP contribution in [-0.2, 0) is 22.5 Å². The predicted octanol–water partition coefficient (Wildman–Crippen LogP) is 5.08. The van der Waals surface area contributed by atoms with E-state index in [0.717, 1.165) is 30.4 Å². The number of benzene rings is 3. The number of fused-ring (bicyclic) bond motifs is 1. The first-order valence-corrected chi connectivity index (χ1v) is 10.8. The minimum atomic E-state index is -0.973. The second kappa shape index (κ2) is 10.6. The third kappa shape index (κ3) is 5.77. The lowest BCUT2D eigenvalue weighted by atomic mass is 9.84. The lowest BCUT2D eigenvalue weighted by molar-refractivity contribution is -0.139. The number of hydrogen-bond donors (Lipinski definition) is 2. The Labute approximate surface area is 188 Å². The van der Waals surface area contributed by atoms with Gasteiger partial charge in [0, 0.05) is 6.20 Å². The second-order valence-corrected chi connectivity index (χ2v) is 7.91. The largest absolute Gasteiger partial charge is 0.482 e. The van der Waals surface area contributed by atoms with E-state index in [0.29, 0.717) is 11.7 Å². The topological polar surface area (TPSA) is 67.8 Å². The van der Waals surface area contributed by atoms with Crippen LogP contribution in [0.1, 0.15) is 34.8 Å². The van der Waals surface area contributed by atoms with Crippen LogP contribution in [0.15, 0.2) is 91.1 Å². The SMILES string of the molecule is O=C(O)COc1ccc2c(c1)CC(C=CNOC(c1ccccc1)c1ccccc1)CC2. The Morgan fingerprint density at radius 1 is 1.00 bits per heavy atom. The number of allylic oxidation sites excluding steroid dienone is 1. The van der Waals surface area contributed by atoms with Crippen molar-refractivity contribution in [2.45, 2.75) is 25.4 Å². The maximum absolute atomic E-state index is 10.7. The molecule has 1 atom stereocenters. The molecule has 0 aliphatic heterocycles. The third-order valence-electron chi connectivity index (χ3n) is 5.63. The van der Waals surface area contributed by atoms with Gasteiger partial charge in [0.1, 0.15) is 11.9 Å². The summed E-state index contributed by atoms with van der Waals surface area (Å²) in [4.78, 5) is 16.8. The van der Waals surface area contributed by atoms with Gasteiger partial charge < -0.3 is 9.84 Å². The summed E-state index contributed by atoms with van der Waals surface area (Å²) in [6.07, 6.45) is 6.74. The highest BCUT2D eigenvalue weighted by molar-refractivity contribution is 5.68. The Morgan fingerprint density at radius 2 is 1.69 bits per heavy atom. The predicted molar refractivity (Wildman–Crippen MR) is 123 cm³/mol. The molecule has 5 heteroatoms. The fourth-order valence-electron chi connectivity index (χ4n) is 4.03. The number of hydrogen-bond acceptors (Lipinski definition) is 4. The fraction of sp³-hybridized carbons (Fsp3) is 0.222. The number of carboxylic acids is 1. The van der Waals surface area contributed by atoms with Gasteiger partial charge in [-0.1, -0.05) is 72.8 Å². The number of nitrogens with one attached hydrogen (secondary N) is 1. The molecule has 1 unspecified atom stereocenters. The van der Waals surface area contributed by atoms with Crippen LogP contribution in [0.3, 0.4) is 0 Å². The molecule has 5 nitrogen and oxygen atoms in total. The molecule has 0 fully saturated rings. The average Bonchev–Trinajstić information content (AvgIpc) is 2.83. The third-order valence-corrected chi connectivity index (χ3v) is 5.63. The van der Waals surface area contributed by atoms with E-state index in [1.807, 2.05) is 60.8 Å². The molecule has 0 heterocycles. The van der Waals surface area contributed by atoms with E-state index in [1.54, 1.807) is 0 Å². The zero-order valence-corrected chi connectivity index (χ0v) is 17.8. The van der Waals surface area contributed by atoms with E-state index >= 15 is 0 Å². The van der Waals surface area contributed by atoms with Crippen molar-refractivity contribution in [2.24, 2.45) is 5.92 Å². The molecular formula is C27H27NO4. The van der Waals surface area contributed by atoms with Gasteiger partial charge in [-0.15, -0.1) is 0 Å². The summed E-state index contributed by atoms with van der Waals surface area (Å²) in [5, 5.41) is 8.81. The van der Waals surface area contributed by atoms with Crippen molar-refractivity contribution in [1.82, 2.24) is 5.48 Å². The van der Waals surface area contributed by atoms with Gasteiger partial charge in [-0.3, -0.25) is 10.3 Å². The Balaban J connectivity index is 1.37. The summed E-state index contributed by atoms with van der Waals surface area (Å²) in [7, 11) is 0. The Hall–Kier alpha value is -3.57. The molecular weight excluding hydrogens is 402 g/mol. The van der Waals surface area contributed by atoms with Gasteiger partial charge in [-0.25, -0.2) is 4.79 Å². The molecule has 0 saturated heterocycles. The molecule has 0 bridgehead atoms. The van der Waals surface area contributed by atoms with Crippen LogP contribution in [0.5, 0.6) is 5.75 Å². The number of aryl methyl sites for hydroxylation is 1. The fourth-order valence-corrected chi connectivity index (χ4v) is 4.03. The summed E-state index contributed by atoms with van der Waals surface area (Å²) in [6, 6.07) is 26.1. The van der Waals surface area contributed by atoms with Crippen LogP contribution in [0.25, 0.3) is 0 Å². The monoisotopic (exact) mass is 429 g/mol. The summed E-state index contributed by atoms with van der Waals surface area (Å²) < 4.78 is 5.33. The van der Waals surface area contributed by atoms with E-state index in [-0.39, 0.29) is 12.7 Å². The van der Waals surface area contributed by atoms with Crippen molar-refractivity contribution in [3.05, 3.63) is 113 Å². The van der Waals surface area contributed by atoms with Crippen molar-refractivity contribution in [2.75, 3.05) is 6.61 Å². The molecule has 3 aromatic carbocycles. The minimum absolute atomic E-state index is 0.205. The number of rotatable bonds is 9. The minimum Gasteiger partial charge on any atom is -0.482 e. The van der Waals surface area contributed by atoms with Gasteiger partial charge in [-0.05, 0) is 59.6 Å². The summed E-state index contributed by atoms with van der Waals surface area (Å²) in [5.74, 6) is 0.00457. The van der Waals surface area contributed by atoms with Crippen molar-refractivity contribution >= 4 is 5.97 Å². The standard InChI is InChI=1S/C27H27NO4/c29-26(30)19-31-25-14-13-21-12-11-20(17-24(21)18-25)15-16-28-32-27(22-7-3-1-4-8-22)23-9-5-2-6-10-23/h1-10,13-16,18,20,27-28H,11-12,17,19H2,(H,29,30). The number of hydroxylamine groups is 1. The number of aliphatic carboxylic acids is 1. The van der Waals surface area contributed by atoms with Gasteiger partial charge >= 0.3 is 5.97 Å². The quantitative estimate of drug-likeness (QED) is 0.464. The van der Waals surface area contributed by atoms with Gasteiger partial charge in [0.2, 0.25) is 0 Å². The molecule has 1 aliphatic carbocycles. The van der Waals surface area contributed by atoms with Crippen LogP contribution in [0, 0.1) is 5.92 Å². The van der Waals surface area contributed by atoms with Crippen molar-refractivity contribution in [3.8, 4) is 5.75 Å². The molecule has 1 aliphatic rings. The Kier molecular flexibility index (Phi) is 7.20. The van der Waals surface area contributed by atoms with E-state index in [1.165, 1.54) is 11.1 Å². The van der Waals surface area contributed by atoms with Crippen LogP contribution >= 0.6 is 0 Å². The van der Waals surface area contributed by atoms with E-state index in [4.69, 9.17) is 14.7 Å². The van der Waals surface area contributed by atoms with Gasteiger partial charge in [0.15, 0.2) is 6.61 Å². The van der Waals surface area contributed by atoms with Crippen molar-refractivity contribution < 1.29 is 19.5 Å². The molecule has 2 N–H and O–H groups in total. The zero-order valence-electron chi connectivity index (χ0n) is 17.8. The average molecular weight is 430 g/mol. The highest BCUT2D eigenvalue weighted by Gasteiger charge is 2.18. The number of carboxylic acid groups (broad SMARTS) is 1. The van der Waals surface area contributed by atoms with Crippen molar-refractivity contribution in [1.29, 1.82) is 0 Å². The van der Waals surface area contributed by atoms with Crippen LogP contribution in [0.2, 0.25) is 0 Å². The maximum atomic E-state index is 10.7. The summed E-state index contributed by atoms with van der Waals surface area (Å²) in [6.45, 7) is -0.326. The Morgan fingerprint density at radius 3 is 2.34 bits per heavy atom.